The molecule has 1 aromatic rings. The first-order valence-electron chi connectivity index (χ1n) is 7.02. The minimum absolute atomic E-state index is 0.518. The molecule has 1 fully saturated rings. The summed E-state index contributed by atoms with van der Waals surface area (Å²) in [6.07, 6.45) is 4.81. The maximum absolute atomic E-state index is 4.60. The number of aryl methyl sites for hydroxylation is 2. The van der Waals surface area contributed by atoms with Gasteiger partial charge in [0.05, 0.1) is 5.69 Å². The van der Waals surface area contributed by atoms with Crippen LogP contribution < -0.4 is 10.2 Å². The summed E-state index contributed by atoms with van der Waals surface area (Å²) >= 11 is 1.89. The zero-order valence-electron chi connectivity index (χ0n) is 12.7. The van der Waals surface area contributed by atoms with Crippen molar-refractivity contribution in [3.8, 4) is 0 Å². The van der Waals surface area contributed by atoms with Gasteiger partial charge in [-0.3, -0.25) is 4.68 Å². The van der Waals surface area contributed by atoms with Crippen molar-refractivity contribution < 1.29 is 0 Å². The first-order chi connectivity index (χ1) is 9.04. The van der Waals surface area contributed by atoms with Gasteiger partial charge in [0.25, 0.3) is 0 Å². The lowest BCUT2D eigenvalue weighted by Crippen LogP contribution is -2.33. The lowest BCUT2D eigenvalue weighted by Gasteiger charge is -2.27. The van der Waals surface area contributed by atoms with Gasteiger partial charge in [-0.15, -0.1) is 0 Å². The number of nitrogens with one attached hydrogen (secondary N) is 1. The lowest BCUT2D eigenvalue weighted by atomic mass is 10.2. The smallest absolute Gasteiger partial charge is 0.131 e. The van der Waals surface area contributed by atoms with E-state index < -0.39 is 0 Å². The van der Waals surface area contributed by atoms with Crippen LogP contribution in [0.4, 0.5) is 5.82 Å². The van der Waals surface area contributed by atoms with Crippen molar-refractivity contribution in [1.82, 2.24) is 15.1 Å². The summed E-state index contributed by atoms with van der Waals surface area (Å²) in [5.74, 6) is 2.39. The molecule has 0 aliphatic heterocycles. The summed E-state index contributed by atoms with van der Waals surface area (Å²) in [4.78, 5) is 2.36. The van der Waals surface area contributed by atoms with Gasteiger partial charge in [0.1, 0.15) is 5.82 Å². The van der Waals surface area contributed by atoms with Crippen molar-refractivity contribution in [3.63, 3.8) is 0 Å². The minimum atomic E-state index is 0.518. The van der Waals surface area contributed by atoms with Crippen LogP contribution in [-0.4, -0.2) is 40.9 Å². The van der Waals surface area contributed by atoms with Crippen LogP contribution in [0.25, 0.3) is 0 Å². The predicted octanol–water partition coefficient (Wildman–Crippen LogP) is 2.17. The fourth-order valence-corrected chi connectivity index (χ4v) is 3.14. The molecule has 0 radical (unpaired) electrons. The third-order valence-corrected chi connectivity index (χ3v) is 4.68. The number of hydrogen-bond donors (Lipinski definition) is 1. The van der Waals surface area contributed by atoms with Gasteiger partial charge in [-0.25, -0.2) is 0 Å². The zero-order valence-corrected chi connectivity index (χ0v) is 13.5. The lowest BCUT2D eigenvalue weighted by molar-refractivity contribution is 0.665. The molecule has 1 aliphatic rings. The summed E-state index contributed by atoms with van der Waals surface area (Å²) in [6, 6.07) is 1.26. The van der Waals surface area contributed by atoms with Crippen molar-refractivity contribution in [3.05, 3.63) is 11.3 Å². The molecule has 2 rings (SSSR count). The molecule has 108 valence electrons. The summed E-state index contributed by atoms with van der Waals surface area (Å²) in [5.41, 5.74) is 2.50. The van der Waals surface area contributed by atoms with Crippen LogP contribution in [0.2, 0.25) is 0 Å². The van der Waals surface area contributed by atoms with Crippen LogP contribution in [0.15, 0.2) is 0 Å². The second-order valence-corrected chi connectivity index (χ2v) is 6.49. The Morgan fingerprint density at radius 2 is 2.21 bits per heavy atom. The second-order valence-electron chi connectivity index (χ2n) is 5.58. The number of anilines is 1. The van der Waals surface area contributed by atoms with E-state index in [1.165, 1.54) is 24.2 Å². The zero-order chi connectivity index (χ0) is 14.0. The van der Waals surface area contributed by atoms with Crippen molar-refractivity contribution >= 4 is 17.6 Å². The van der Waals surface area contributed by atoms with E-state index in [-0.39, 0.29) is 0 Å². The first kappa shape index (κ1) is 14.7. The molecule has 4 nitrogen and oxygen atoms in total. The van der Waals surface area contributed by atoms with Gasteiger partial charge in [0.2, 0.25) is 0 Å². The van der Waals surface area contributed by atoms with Crippen LogP contribution >= 0.6 is 11.8 Å². The molecule has 0 aromatic carbocycles. The van der Waals surface area contributed by atoms with E-state index in [1.54, 1.807) is 0 Å². The quantitative estimate of drug-likeness (QED) is 0.831. The maximum atomic E-state index is 4.60. The molecule has 1 N–H and O–H groups in total. The average molecular weight is 282 g/mol. The molecule has 1 unspecified atom stereocenters. The summed E-state index contributed by atoms with van der Waals surface area (Å²) < 4.78 is 2.02. The summed E-state index contributed by atoms with van der Waals surface area (Å²) in [6.45, 7) is 5.33. The molecule has 0 saturated heterocycles. The predicted molar refractivity (Wildman–Crippen MR) is 84.1 cm³/mol. The molecule has 0 spiro atoms. The van der Waals surface area contributed by atoms with Crippen LogP contribution in [0.1, 0.15) is 31.0 Å². The highest BCUT2D eigenvalue weighted by atomic mass is 32.2. The van der Waals surface area contributed by atoms with Gasteiger partial charge in [-0.05, 0) is 32.9 Å². The number of nitrogens with zero attached hydrogens (tertiary/aromatic N) is 3. The topological polar surface area (TPSA) is 33.1 Å². The van der Waals surface area contributed by atoms with Gasteiger partial charge in [-0.1, -0.05) is 0 Å². The fourth-order valence-electron chi connectivity index (χ4n) is 2.43. The largest absolute Gasteiger partial charge is 0.356 e. The van der Waals surface area contributed by atoms with E-state index in [9.17, 15) is 0 Å². The van der Waals surface area contributed by atoms with Crippen LogP contribution in [-0.2, 0) is 13.6 Å². The Hall–Kier alpha value is -0.680. The average Bonchev–Trinajstić information content (AvgIpc) is 3.13. The Morgan fingerprint density at radius 3 is 2.79 bits per heavy atom. The highest BCUT2D eigenvalue weighted by Gasteiger charge is 2.24. The molecule has 5 heteroatoms. The molecule has 1 saturated carbocycles. The van der Waals surface area contributed by atoms with E-state index in [0.717, 1.165) is 24.0 Å². The normalized spacial score (nSPS) is 16.7. The van der Waals surface area contributed by atoms with Crippen LogP contribution in [0.3, 0.4) is 0 Å². The fraction of sp³-hybridized carbons (Fsp3) is 0.786. The Balaban J connectivity index is 2.16. The maximum Gasteiger partial charge on any atom is 0.131 e. The number of rotatable bonds is 7. The molecule has 19 heavy (non-hydrogen) atoms. The highest BCUT2D eigenvalue weighted by molar-refractivity contribution is 7.98. The SMILES string of the molecule is CSCC(C)N(C)c1c(CNC2CC2)c(C)nn1C. The summed E-state index contributed by atoms with van der Waals surface area (Å²) in [5, 5.41) is 8.21. The molecule has 0 amide bonds. The number of hydrogen-bond acceptors (Lipinski definition) is 4. The third kappa shape index (κ3) is 3.45. The first-order valence-corrected chi connectivity index (χ1v) is 8.41. The Bertz CT molecular complexity index is 425. The van der Waals surface area contributed by atoms with Crippen molar-refractivity contribution in [1.29, 1.82) is 0 Å². The van der Waals surface area contributed by atoms with Crippen molar-refractivity contribution in [2.24, 2.45) is 7.05 Å². The standard InChI is InChI=1S/C14H26N4S/c1-10(9-19-5)17(3)14-13(8-15-12-6-7-12)11(2)16-18(14)4/h10,12,15H,6-9H2,1-5H3. The monoisotopic (exact) mass is 282 g/mol. The molecule has 0 bridgehead atoms. The Kier molecular flexibility index (Phi) is 4.79. The number of aromatic nitrogens is 2. The highest BCUT2D eigenvalue weighted by Crippen LogP contribution is 2.26. The number of thioether (sulfide) groups is 1. The Labute approximate surface area is 120 Å². The van der Waals surface area contributed by atoms with E-state index >= 15 is 0 Å². The second kappa shape index (κ2) is 6.18. The Morgan fingerprint density at radius 1 is 1.53 bits per heavy atom. The molecular formula is C14H26N4S. The van der Waals surface area contributed by atoms with Crippen molar-refractivity contribution in [2.45, 2.75) is 45.3 Å². The van der Waals surface area contributed by atoms with Crippen LogP contribution in [0, 0.1) is 6.92 Å². The van der Waals surface area contributed by atoms with E-state index in [0.29, 0.717) is 6.04 Å². The molecule has 1 aromatic heterocycles. The van der Waals surface area contributed by atoms with Gasteiger partial charge >= 0.3 is 0 Å². The van der Waals surface area contributed by atoms with Gasteiger partial charge in [0, 0.05) is 44.0 Å². The minimum Gasteiger partial charge on any atom is -0.356 e. The van der Waals surface area contributed by atoms with Crippen LogP contribution in [0.5, 0.6) is 0 Å². The molecular weight excluding hydrogens is 256 g/mol. The molecule has 1 aliphatic carbocycles. The van der Waals surface area contributed by atoms with Crippen molar-refractivity contribution in [2.75, 3.05) is 24.0 Å². The summed E-state index contributed by atoms with van der Waals surface area (Å²) in [7, 11) is 4.23. The molecule has 1 heterocycles. The van der Waals surface area contributed by atoms with E-state index in [1.807, 2.05) is 23.5 Å². The van der Waals surface area contributed by atoms with Gasteiger partial charge < -0.3 is 10.2 Å². The molecule has 1 atom stereocenters. The third-order valence-electron chi connectivity index (χ3n) is 3.86. The van der Waals surface area contributed by atoms with Gasteiger partial charge in [-0.2, -0.15) is 16.9 Å². The van der Waals surface area contributed by atoms with Gasteiger partial charge in [0.15, 0.2) is 0 Å². The van der Waals surface area contributed by atoms with E-state index in [2.05, 4.69) is 42.5 Å². The van der Waals surface area contributed by atoms with E-state index in [4.69, 9.17) is 0 Å².